The monoisotopic (exact) mass is 233 g/mol. The lowest BCUT2D eigenvalue weighted by atomic mass is 10.1. The number of hydrogen-bond donors (Lipinski definition) is 1. The maximum Gasteiger partial charge on any atom is 0.326 e. The van der Waals surface area contributed by atoms with E-state index in [0.29, 0.717) is 6.08 Å². The van der Waals surface area contributed by atoms with Crippen LogP contribution in [0.25, 0.3) is 0 Å². The Kier molecular flexibility index (Phi) is 3.98. The Morgan fingerprint density at radius 2 is 2.31 bits per heavy atom. The number of rotatable bonds is 4. The van der Waals surface area contributed by atoms with Crippen LogP contribution in [0, 0.1) is 5.92 Å². The van der Waals surface area contributed by atoms with Gasteiger partial charge in [-0.15, -0.1) is 0 Å². The summed E-state index contributed by atoms with van der Waals surface area (Å²) in [5.74, 6) is -2.05. The lowest BCUT2D eigenvalue weighted by Crippen LogP contribution is -2.41. The van der Waals surface area contributed by atoms with Gasteiger partial charge in [-0.05, 0) is 12.5 Å². The molecule has 2 atom stereocenters. The Bertz CT molecular complexity index is 326. The highest BCUT2D eigenvalue weighted by Crippen LogP contribution is 2.24. The highest BCUT2D eigenvalue weighted by Gasteiger charge is 2.36. The van der Waals surface area contributed by atoms with Crippen LogP contribution in [-0.4, -0.2) is 34.5 Å². The van der Waals surface area contributed by atoms with Crippen molar-refractivity contribution in [2.24, 2.45) is 5.92 Å². The number of likely N-dealkylation sites (tertiary alicyclic amines) is 1. The van der Waals surface area contributed by atoms with Gasteiger partial charge in [-0.25, -0.2) is 4.79 Å². The summed E-state index contributed by atoms with van der Waals surface area (Å²) in [7, 11) is 0. The van der Waals surface area contributed by atoms with Crippen LogP contribution < -0.4 is 0 Å². The molecule has 1 saturated heterocycles. The largest absolute Gasteiger partial charge is 0.480 e. The van der Waals surface area contributed by atoms with Crippen molar-refractivity contribution in [3.63, 3.8) is 0 Å². The van der Waals surface area contributed by atoms with Gasteiger partial charge in [-0.2, -0.15) is 8.78 Å². The summed E-state index contributed by atoms with van der Waals surface area (Å²) in [5, 5.41) is 8.86. The lowest BCUT2D eigenvalue weighted by Gasteiger charge is -2.23. The molecule has 1 heterocycles. The first-order valence-electron chi connectivity index (χ1n) is 5.00. The summed E-state index contributed by atoms with van der Waals surface area (Å²) in [5.41, 5.74) is 0. The van der Waals surface area contributed by atoms with Crippen molar-refractivity contribution in [3.05, 3.63) is 12.2 Å². The van der Waals surface area contributed by atoms with E-state index in [4.69, 9.17) is 5.11 Å². The topological polar surface area (TPSA) is 57.6 Å². The quantitative estimate of drug-likeness (QED) is 0.800. The molecule has 0 aliphatic carbocycles. The fourth-order valence-electron chi connectivity index (χ4n) is 1.88. The van der Waals surface area contributed by atoms with Gasteiger partial charge in [0.15, 0.2) is 0 Å². The van der Waals surface area contributed by atoms with Gasteiger partial charge >= 0.3 is 5.97 Å². The highest BCUT2D eigenvalue weighted by atomic mass is 19.3. The molecule has 90 valence electrons. The second-order valence-corrected chi connectivity index (χ2v) is 3.73. The summed E-state index contributed by atoms with van der Waals surface area (Å²) in [6.07, 6.45) is -0.883. The van der Waals surface area contributed by atoms with Crippen LogP contribution in [0.3, 0.4) is 0 Å². The van der Waals surface area contributed by atoms with Crippen molar-refractivity contribution in [3.8, 4) is 0 Å². The molecule has 0 radical (unpaired) electrons. The Morgan fingerprint density at radius 3 is 2.75 bits per heavy atom. The first-order valence-corrected chi connectivity index (χ1v) is 5.00. The number of amides is 1. The van der Waals surface area contributed by atoms with E-state index in [9.17, 15) is 18.4 Å². The molecule has 0 unspecified atom stereocenters. The molecule has 1 N–H and O–H groups in total. The average Bonchev–Trinajstić information content (AvgIpc) is 2.46. The third-order valence-corrected chi connectivity index (χ3v) is 2.60. The zero-order chi connectivity index (χ0) is 12.3. The normalized spacial score (nSPS) is 22.1. The van der Waals surface area contributed by atoms with Crippen LogP contribution in [0.15, 0.2) is 12.2 Å². The van der Waals surface area contributed by atoms with Crippen molar-refractivity contribution in [1.29, 1.82) is 0 Å². The zero-order valence-corrected chi connectivity index (χ0v) is 8.82. The lowest BCUT2D eigenvalue weighted by molar-refractivity contribution is -0.148. The Hall–Kier alpha value is -1.46. The SMILES string of the molecule is CC[C@@H](C(=O)O)N1C[C@H](C=C(F)F)CC1=O. The number of halogens is 2. The molecule has 1 aliphatic heterocycles. The molecule has 1 amide bonds. The molecule has 1 fully saturated rings. The van der Waals surface area contributed by atoms with Crippen LogP contribution in [0.4, 0.5) is 8.78 Å². The van der Waals surface area contributed by atoms with Gasteiger partial charge < -0.3 is 10.0 Å². The van der Waals surface area contributed by atoms with E-state index in [1.165, 1.54) is 0 Å². The number of carboxylic acid groups (broad SMARTS) is 1. The predicted molar refractivity (Wildman–Crippen MR) is 51.8 cm³/mol. The van der Waals surface area contributed by atoms with Crippen molar-refractivity contribution in [2.75, 3.05) is 6.54 Å². The van der Waals surface area contributed by atoms with Crippen molar-refractivity contribution in [1.82, 2.24) is 4.90 Å². The standard InChI is InChI=1S/C10H13F2NO3/c1-2-7(10(15)16)13-5-6(3-8(11)12)4-9(13)14/h3,6-7H,2,4-5H2,1H3,(H,15,16)/t6-,7+/m1/s1. The Balaban J connectivity index is 2.74. The second kappa shape index (κ2) is 5.05. The molecule has 0 bridgehead atoms. The molecule has 1 aliphatic rings. The maximum absolute atomic E-state index is 12.0. The molecule has 0 aromatic rings. The number of carboxylic acids is 1. The minimum atomic E-state index is -1.83. The number of nitrogens with zero attached hydrogens (tertiary/aromatic N) is 1. The molecular weight excluding hydrogens is 220 g/mol. The molecule has 4 nitrogen and oxygen atoms in total. The fraction of sp³-hybridized carbons (Fsp3) is 0.600. The fourth-order valence-corrected chi connectivity index (χ4v) is 1.88. The van der Waals surface area contributed by atoms with Crippen LogP contribution in [-0.2, 0) is 9.59 Å². The molecule has 16 heavy (non-hydrogen) atoms. The number of carbonyl (C=O) groups is 2. The average molecular weight is 233 g/mol. The van der Waals surface area contributed by atoms with Crippen LogP contribution in [0.5, 0.6) is 0 Å². The predicted octanol–water partition coefficient (Wildman–Crippen LogP) is 1.48. The number of hydrogen-bond acceptors (Lipinski definition) is 2. The van der Waals surface area contributed by atoms with Gasteiger partial charge in [0.1, 0.15) is 6.04 Å². The van der Waals surface area contributed by atoms with Gasteiger partial charge in [0.25, 0.3) is 6.08 Å². The summed E-state index contributed by atoms with van der Waals surface area (Å²) < 4.78 is 24.0. The van der Waals surface area contributed by atoms with Crippen molar-refractivity contribution in [2.45, 2.75) is 25.8 Å². The van der Waals surface area contributed by atoms with Crippen molar-refractivity contribution >= 4 is 11.9 Å². The number of carbonyl (C=O) groups excluding carboxylic acids is 1. The molecule has 6 heteroatoms. The van der Waals surface area contributed by atoms with Gasteiger partial charge in [0.2, 0.25) is 5.91 Å². The van der Waals surface area contributed by atoms with E-state index >= 15 is 0 Å². The minimum Gasteiger partial charge on any atom is -0.480 e. The first kappa shape index (κ1) is 12.6. The van der Waals surface area contributed by atoms with Crippen LogP contribution in [0.2, 0.25) is 0 Å². The summed E-state index contributed by atoms with van der Waals surface area (Å²) in [6.45, 7) is 1.70. The third kappa shape index (κ3) is 2.77. The summed E-state index contributed by atoms with van der Waals surface area (Å²) in [6, 6.07) is -0.909. The highest BCUT2D eigenvalue weighted by molar-refractivity contribution is 5.85. The molecule has 0 spiro atoms. The van der Waals surface area contributed by atoms with Crippen molar-refractivity contribution < 1.29 is 23.5 Å². The van der Waals surface area contributed by atoms with Crippen LogP contribution in [0.1, 0.15) is 19.8 Å². The van der Waals surface area contributed by atoms with Gasteiger partial charge in [-0.1, -0.05) is 6.92 Å². The maximum atomic E-state index is 12.0. The van der Waals surface area contributed by atoms with E-state index < -0.39 is 24.0 Å². The van der Waals surface area contributed by atoms with E-state index in [2.05, 4.69) is 0 Å². The summed E-state index contributed by atoms with van der Waals surface area (Å²) in [4.78, 5) is 23.5. The Labute approximate surface area is 91.5 Å². The molecule has 0 aromatic carbocycles. The van der Waals surface area contributed by atoms with E-state index in [0.717, 1.165) is 4.90 Å². The van der Waals surface area contributed by atoms with E-state index in [1.807, 2.05) is 0 Å². The van der Waals surface area contributed by atoms with E-state index in [-0.39, 0.29) is 25.3 Å². The molecule has 1 rings (SSSR count). The van der Waals surface area contributed by atoms with Gasteiger partial charge in [0.05, 0.1) is 0 Å². The smallest absolute Gasteiger partial charge is 0.326 e. The van der Waals surface area contributed by atoms with Gasteiger partial charge in [0, 0.05) is 18.9 Å². The zero-order valence-electron chi connectivity index (χ0n) is 8.82. The van der Waals surface area contributed by atoms with E-state index in [1.54, 1.807) is 6.92 Å². The molecule has 0 saturated carbocycles. The minimum absolute atomic E-state index is 0.0406. The second-order valence-electron chi connectivity index (χ2n) is 3.73. The molecular formula is C10H13F2NO3. The molecule has 0 aromatic heterocycles. The number of aliphatic carboxylic acids is 1. The third-order valence-electron chi connectivity index (χ3n) is 2.60. The van der Waals surface area contributed by atoms with Gasteiger partial charge in [-0.3, -0.25) is 4.79 Å². The summed E-state index contributed by atoms with van der Waals surface area (Å²) >= 11 is 0. The Morgan fingerprint density at radius 1 is 1.69 bits per heavy atom. The first-order chi connectivity index (χ1) is 7.45. The van der Waals surface area contributed by atoms with Crippen LogP contribution >= 0.6 is 0 Å².